The van der Waals surface area contributed by atoms with E-state index in [1.165, 1.54) is 29.3 Å². The van der Waals surface area contributed by atoms with Crippen LogP contribution in [-0.4, -0.2) is 47.1 Å². The first-order valence-corrected chi connectivity index (χ1v) is 13.4. The molecule has 7 heteroatoms. The second-order valence-electron chi connectivity index (χ2n) is 9.10. The van der Waals surface area contributed by atoms with Gasteiger partial charge in [-0.05, 0) is 59.0 Å². The summed E-state index contributed by atoms with van der Waals surface area (Å²) in [6, 6.07) is 28.1. The van der Waals surface area contributed by atoms with E-state index in [0.29, 0.717) is 5.56 Å². The first-order chi connectivity index (χ1) is 18.2. The van der Waals surface area contributed by atoms with Crippen molar-refractivity contribution in [2.45, 2.75) is 12.3 Å². The normalized spacial score (nSPS) is 13.9. The smallest absolute Gasteiger partial charge is 0.261 e. The van der Waals surface area contributed by atoms with E-state index in [1.807, 2.05) is 48.5 Å². The molecule has 0 spiro atoms. The Kier molecular flexibility index (Phi) is 8.03. The average Bonchev–Trinajstić information content (AvgIpc) is 2.94. The summed E-state index contributed by atoms with van der Waals surface area (Å²) in [5.41, 5.74) is 6.24. The van der Waals surface area contributed by atoms with Gasteiger partial charge in [-0.2, -0.15) is 0 Å². The number of amides is 1. The van der Waals surface area contributed by atoms with Gasteiger partial charge in [0.25, 0.3) is 5.91 Å². The molecule has 37 heavy (non-hydrogen) atoms. The molecule has 4 aromatic rings. The zero-order valence-corrected chi connectivity index (χ0v) is 21.4. The van der Waals surface area contributed by atoms with Crippen molar-refractivity contribution < 1.29 is 9.90 Å². The zero-order chi connectivity index (χ0) is 25.5. The molecule has 3 aromatic carbocycles. The van der Waals surface area contributed by atoms with Gasteiger partial charge in [0.1, 0.15) is 5.75 Å². The highest BCUT2D eigenvalue weighted by Crippen LogP contribution is 2.27. The summed E-state index contributed by atoms with van der Waals surface area (Å²) < 4.78 is 2.93. The van der Waals surface area contributed by atoms with Crippen LogP contribution in [-0.2, 0) is 12.3 Å². The van der Waals surface area contributed by atoms with E-state index in [0.717, 1.165) is 55.3 Å². The minimum absolute atomic E-state index is 0.0714. The Morgan fingerprint density at radius 3 is 2.38 bits per heavy atom. The highest BCUT2D eigenvalue weighted by molar-refractivity contribution is 7.97. The van der Waals surface area contributed by atoms with E-state index in [-0.39, 0.29) is 11.7 Å². The Hall–Kier alpha value is -3.81. The molecule has 5 rings (SSSR count). The molecule has 2 heterocycles. The van der Waals surface area contributed by atoms with Crippen LogP contribution in [0.5, 0.6) is 5.75 Å². The summed E-state index contributed by atoms with van der Waals surface area (Å²) in [5, 5.41) is 9.85. The lowest BCUT2D eigenvalue weighted by Crippen LogP contribution is -2.46. The topological polar surface area (TPSA) is 68.7 Å². The molecule has 0 radical (unpaired) electrons. The SMILES string of the molecule is O=C(NSCc1ccccc1)c1ccc(N2CCN(Cc3ccccc3-c3cncc(O)c3)CC2)cc1. The molecule has 188 valence electrons. The first kappa shape index (κ1) is 24.9. The van der Waals surface area contributed by atoms with Crippen LogP contribution in [0.1, 0.15) is 21.5 Å². The van der Waals surface area contributed by atoms with Crippen LogP contribution < -0.4 is 9.62 Å². The van der Waals surface area contributed by atoms with Gasteiger partial charge in [0.05, 0.1) is 6.20 Å². The molecule has 1 saturated heterocycles. The van der Waals surface area contributed by atoms with Crippen molar-refractivity contribution in [2.24, 2.45) is 0 Å². The van der Waals surface area contributed by atoms with Crippen LogP contribution in [0.3, 0.4) is 0 Å². The van der Waals surface area contributed by atoms with Crippen LogP contribution in [0.4, 0.5) is 5.69 Å². The van der Waals surface area contributed by atoms with Gasteiger partial charge < -0.3 is 10.0 Å². The number of hydrogen-bond donors (Lipinski definition) is 2. The number of aromatic nitrogens is 1. The van der Waals surface area contributed by atoms with Gasteiger partial charge in [-0.1, -0.05) is 54.6 Å². The highest BCUT2D eigenvalue weighted by Gasteiger charge is 2.19. The van der Waals surface area contributed by atoms with Gasteiger partial charge in [0.2, 0.25) is 0 Å². The second-order valence-corrected chi connectivity index (χ2v) is 9.89. The van der Waals surface area contributed by atoms with Crippen LogP contribution in [0, 0.1) is 0 Å². The maximum atomic E-state index is 12.5. The number of benzene rings is 3. The fourth-order valence-corrected chi connectivity index (χ4v) is 5.24. The number of hydrogen-bond acceptors (Lipinski definition) is 6. The third kappa shape index (κ3) is 6.50. The Labute approximate surface area is 222 Å². The lowest BCUT2D eigenvalue weighted by Gasteiger charge is -2.36. The molecule has 6 nitrogen and oxygen atoms in total. The van der Waals surface area contributed by atoms with Gasteiger partial charge in [-0.25, -0.2) is 0 Å². The van der Waals surface area contributed by atoms with E-state index in [9.17, 15) is 9.90 Å². The predicted octanol–water partition coefficient (Wildman–Crippen LogP) is 5.35. The summed E-state index contributed by atoms with van der Waals surface area (Å²) in [7, 11) is 0. The Bertz CT molecular complexity index is 1320. The van der Waals surface area contributed by atoms with Crippen molar-refractivity contribution in [3.8, 4) is 16.9 Å². The van der Waals surface area contributed by atoms with Gasteiger partial charge in [-0.3, -0.25) is 19.4 Å². The summed E-state index contributed by atoms with van der Waals surface area (Å²) in [5.74, 6) is 0.845. The number of nitrogens with zero attached hydrogens (tertiary/aromatic N) is 3. The van der Waals surface area contributed by atoms with E-state index >= 15 is 0 Å². The van der Waals surface area contributed by atoms with Crippen molar-refractivity contribution >= 4 is 23.5 Å². The summed E-state index contributed by atoms with van der Waals surface area (Å²) in [6.45, 7) is 4.60. The van der Waals surface area contributed by atoms with Crippen molar-refractivity contribution in [1.29, 1.82) is 0 Å². The molecule has 2 N–H and O–H groups in total. The molecule has 0 unspecified atom stereocenters. The number of carbonyl (C=O) groups is 1. The second kappa shape index (κ2) is 12.0. The maximum Gasteiger partial charge on any atom is 0.261 e. The van der Waals surface area contributed by atoms with Crippen LogP contribution in [0.15, 0.2) is 97.3 Å². The molecule has 1 aromatic heterocycles. The predicted molar refractivity (Wildman–Crippen MR) is 150 cm³/mol. The Morgan fingerprint density at radius 2 is 1.62 bits per heavy atom. The third-order valence-electron chi connectivity index (χ3n) is 6.56. The summed E-state index contributed by atoms with van der Waals surface area (Å²) >= 11 is 1.41. The van der Waals surface area contributed by atoms with E-state index in [1.54, 1.807) is 12.3 Å². The first-order valence-electron chi connectivity index (χ1n) is 12.4. The zero-order valence-electron chi connectivity index (χ0n) is 20.6. The number of piperazine rings is 1. The van der Waals surface area contributed by atoms with Crippen LogP contribution in [0.25, 0.3) is 11.1 Å². The van der Waals surface area contributed by atoms with E-state index in [2.05, 4.69) is 49.8 Å². The number of pyridine rings is 1. The standard InChI is InChI=1S/C30H30N4O2S/c35-28-18-26(19-31-20-28)29-9-5-4-8-25(29)21-33-14-16-34(17-15-33)27-12-10-24(11-13-27)30(36)32-37-22-23-6-2-1-3-7-23/h1-13,18-20,35H,14-17,21-22H2,(H,32,36). The minimum Gasteiger partial charge on any atom is -0.506 e. The van der Waals surface area contributed by atoms with Crippen LogP contribution in [0.2, 0.25) is 0 Å². The molecular weight excluding hydrogens is 480 g/mol. The summed E-state index contributed by atoms with van der Waals surface area (Å²) in [4.78, 5) is 21.5. The largest absolute Gasteiger partial charge is 0.506 e. The lowest BCUT2D eigenvalue weighted by atomic mass is 10.0. The summed E-state index contributed by atoms with van der Waals surface area (Å²) in [6.07, 6.45) is 3.25. The fourth-order valence-electron chi connectivity index (χ4n) is 4.56. The quantitative estimate of drug-likeness (QED) is 0.311. The van der Waals surface area contributed by atoms with E-state index in [4.69, 9.17) is 0 Å². The molecule has 1 fully saturated rings. The molecule has 1 aliphatic heterocycles. The van der Waals surface area contributed by atoms with Gasteiger partial charge >= 0.3 is 0 Å². The Balaban J connectivity index is 1.13. The highest BCUT2D eigenvalue weighted by atomic mass is 32.2. The molecule has 1 aliphatic rings. The number of aromatic hydroxyl groups is 1. The number of rotatable bonds is 8. The van der Waals surface area contributed by atoms with E-state index < -0.39 is 0 Å². The van der Waals surface area contributed by atoms with Gasteiger partial charge in [-0.15, -0.1) is 0 Å². The van der Waals surface area contributed by atoms with Crippen molar-refractivity contribution in [3.05, 3.63) is 114 Å². The molecule has 0 aliphatic carbocycles. The lowest BCUT2D eigenvalue weighted by molar-refractivity contribution is 0.0984. The van der Waals surface area contributed by atoms with Crippen molar-refractivity contribution in [1.82, 2.24) is 14.6 Å². The van der Waals surface area contributed by atoms with Gasteiger partial charge in [0.15, 0.2) is 0 Å². The Morgan fingerprint density at radius 1 is 0.892 bits per heavy atom. The number of anilines is 1. The fraction of sp³-hybridized carbons (Fsp3) is 0.200. The van der Waals surface area contributed by atoms with Crippen molar-refractivity contribution in [2.75, 3.05) is 31.1 Å². The molecular formula is C30H30N4O2S. The third-order valence-corrected chi connectivity index (χ3v) is 7.37. The number of carbonyl (C=O) groups excluding carboxylic acids is 1. The molecule has 0 saturated carbocycles. The monoisotopic (exact) mass is 510 g/mol. The minimum atomic E-state index is -0.0714. The van der Waals surface area contributed by atoms with Crippen LogP contribution >= 0.6 is 11.9 Å². The van der Waals surface area contributed by atoms with Gasteiger partial charge in [0, 0.05) is 61.5 Å². The average molecular weight is 511 g/mol. The molecule has 1 amide bonds. The van der Waals surface area contributed by atoms with Crippen molar-refractivity contribution in [3.63, 3.8) is 0 Å². The maximum absolute atomic E-state index is 12.5. The molecule has 0 atom stereocenters. The molecule has 0 bridgehead atoms. The number of nitrogens with one attached hydrogen (secondary N) is 1.